The summed E-state index contributed by atoms with van der Waals surface area (Å²) in [6.45, 7) is 9.55. The van der Waals surface area contributed by atoms with Crippen LogP contribution in [0.2, 0.25) is 0 Å². The first kappa shape index (κ1) is 31.3. The van der Waals surface area contributed by atoms with Gasteiger partial charge >= 0.3 is 0 Å². The molecule has 0 heteroatoms. The molecule has 9 aromatic rings. The average Bonchev–Trinajstić information content (AvgIpc) is 3.59. The Bertz CT molecular complexity index is 2970. The van der Waals surface area contributed by atoms with Gasteiger partial charge in [0.1, 0.15) is 0 Å². The number of benzene rings is 9. The van der Waals surface area contributed by atoms with E-state index in [1.165, 1.54) is 110 Å². The van der Waals surface area contributed by atoms with Crippen LogP contribution >= 0.6 is 0 Å². The number of rotatable bonds is 3. The van der Waals surface area contributed by atoms with Crippen molar-refractivity contribution in [3.05, 3.63) is 192 Å². The molecular weight excluding hydrogens is 649 g/mol. The van der Waals surface area contributed by atoms with E-state index in [1.807, 2.05) is 0 Å². The molecule has 11 rings (SSSR count). The highest BCUT2D eigenvalue weighted by Crippen LogP contribution is 2.54. The predicted octanol–water partition coefficient (Wildman–Crippen LogP) is 14.8. The molecule has 2 aliphatic rings. The van der Waals surface area contributed by atoms with E-state index in [4.69, 9.17) is 0 Å². The van der Waals surface area contributed by atoms with E-state index < -0.39 is 0 Å². The normalized spacial score (nSPS) is 14.6. The van der Waals surface area contributed by atoms with E-state index in [1.54, 1.807) is 0 Å². The van der Waals surface area contributed by atoms with Gasteiger partial charge in [-0.05, 0) is 122 Å². The molecule has 0 unspecified atom stereocenters. The van der Waals surface area contributed by atoms with Crippen molar-refractivity contribution in [2.45, 2.75) is 38.5 Å². The predicted molar refractivity (Wildman–Crippen MR) is 230 cm³/mol. The lowest BCUT2D eigenvalue weighted by Gasteiger charge is -2.24. The van der Waals surface area contributed by atoms with Crippen LogP contribution in [0.1, 0.15) is 49.9 Å². The SMILES string of the molecule is CC1(C)c2cc(-c3cccc4c5c(ccc34)C(C)(C)c3ccccc3-5)ccc2-c2ccc(-c3c4ccccc4c(-c4ccccc4)c4ccccc34)cc21. The summed E-state index contributed by atoms with van der Waals surface area (Å²) in [7, 11) is 0. The molecule has 0 aliphatic heterocycles. The standard InChI is InChI=1S/C54H40/c1-53(2)46-24-13-12-21-45(46)52-40-23-14-22-36(37(40)29-30-47(52)53)34-25-27-38-39-28-26-35(32-49(39)54(3,4)48(38)31-34)51-43-19-10-8-17-41(43)50(33-15-6-5-7-16-33)42-18-9-11-20-44(42)51/h5-32H,1-4H3. The summed E-state index contributed by atoms with van der Waals surface area (Å²) in [6, 6.07) is 63.9. The van der Waals surface area contributed by atoms with Crippen LogP contribution in [0.5, 0.6) is 0 Å². The highest BCUT2D eigenvalue weighted by Gasteiger charge is 2.38. The largest absolute Gasteiger partial charge is 0.0622 e. The molecule has 0 saturated carbocycles. The highest BCUT2D eigenvalue weighted by molar-refractivity contribution is 6.21. The summed E-state index contributed by atoms with van der Waals surface area (Å²) in [5.41, 5.74) is 18.6. The van der Waals surface area contributed by atoms with E-state index in [9.17, 15) is 0 Å². The first-order chi connectivity index (χ1) is 26.3. The second-order valence-electron chi connectivity index (χ2n) is 16.4. The van der Waals surface area contributed by atoms with Crippen LogP contribution in [0.15, 0.2) is 170 Å². The van der Waals surface area contributed by atoms with E-state index in [0.29, 0.717) is 0 Å². The van der Waals surface area contributed by atoms with Crippen LogP contribution in [0.3, 0.4) is 0 Å². The number of hydrogen-bond acceptors (Lipinski definition) is 0. The van der Waals surface area contributed by atoms with Crippen LogP contribution in [0.25, 0.3) is 88.0 Å². The molecule has 9 aromatic carbocycles. The third-order valence-corrected chi connectivity index (χ3v) is 12.9. The Morgan fingerprint density at radius 3 is 1.41 bits per heavy atom. The molecule has 0 fully saturated rings. The Morgan fingerprint density at radius 2 is 0.741 bits per heavy atom. The quantitative estimate of drug-likeness (QED) is 0.162. The van der Waals surface area contributed by atoms with Gasteiger partial charge in [-0.15, -0.1) is 0 Å². The zero-order valence-electron chi connectivity index (χ0n) is 31.2. The van der Waals surface area contributed by atoms with Crippen LogP contribution < -0.4 is 0 Å². The van der Waals surface area contributed by atoms with Crippen molar-refractivity contribution in [1.29, 1.82) is 0 Å². The summed E-state index contributed by atoms with van der Waals surface area (Å²) < 4.78 is 0. The van der Waals surface area contributed by atoms with Gasteiger partial charge in [0.25, 0.3) is 0 Å². The van der Waals surface area contributed by atoms with Crippen molar-refractivity contribution >= 4 is 32.3 Å². The van der Waals surface area contributed by atoms with Crippen LogP contribution in [-0.4, -0.2) is 0 Å². The molecule has 0 radical (unpaired) electrons. The minimum atomic E-state index is -0.166. The molecule has 0 heterocycles. The summed E-state index contributed by atoms with van der Waals surface area (Å²) in [4.78, 5) is 0. The minimum absolute atomic E-state index is 0.0130. The topological polar surface area (TPSA) is 0 Å². The van der Waals surface area contributed by atoms with Gasteiger partial charge in [0.2, 0.25) is 0 Å². The smallest absolute Gasteiger partial charge is 0.0159 e. The monoisotopic (exact) mass is 688 g/mol. The Hall–Kier alpha value is -6.24. The second-order valence-corrected chi connectivity index (χ2v) is 16.4. The molecule has 0 bridgehead atoms. The van der Waals surface area contributed by atoms with E-state index in [-0.39, 0.29) is 10.8 Å². The fourth-order valence-electron chi connectivity index (χ4n) is 10.2. The Kier molecular flexibility index (Phi) is 6.46. The Balaban J connectivity index is 1.06. The lowest BCUT2D eigenvalue weighted by molar-refractivity contribution is 0.660. The fraction of sp³-hybridized carbons (Fsp3) is 0.111. The third-order valence-electron chi connectivity index (χ3n) is 12.9. The minimum Gasteiger partial charge on any atom is -0.0622 e. The summed E-state index contributed by atoms with van der Waals surface area (Å²) in [6.07, 6.45) is 0. The van der Waals surface area contributed by atoms with Gasteiger partial charge in [0, 0.05) is 10.8 Å². The van der Waals surface area contributed by atoms with Gasteiger partial charge in [0.05, 0.1) is 0 Å². The van der Waals surface area contributed by atoms with Crippen molar-refractivity contribution in [3.63, 3.8) is 0 Å². The molecule has 0 saturated heterocycles. The lowest BCUT2D eigenvalue weighted by atomic mass is 9.79. The average molecular weight is 689 g/mol. The third kappa shape index (κ3) is 4.20. The maximum absolute atomic E-state index is 2.49. The molecule has 0 nitrogen and oxygen atoms in total. The fourth-order valence-corrected chi connectivity index (χ4v) is 10.2. The van der Waals surface area contributed by atoms with Crippen molar-refractivity contribution in [2.75, 3.05) is 0 Å². The Labute approximate surface area is 317 Å². The maximum atomic E-state index is 2.49. The van der Waals surface area contributed by atoms with Crippen molar-refractivity contribution in [3.8, 4) is 55.6 Å². The summed E-state index contributed by atoms with van der Waals surface area (Å²) in [5, 5.41) is 7.82. The van der Waals surface area contributed by atoms with E-state index in [2.05, 4.69) is 198 Å². The van der Waals surface area contributed by atoms with Crippen LogP contribution in [0, 0.1) is 0 Å². The molecule has 256 valence electrons. The molecule has 0 atom stereocenters. The zero-order chi connectivity index (χ0) is 36.3. The highest BCUT2D eigenvalue weighted by atomic mass is 14.4. The molecule has 2 aliphatic carbocycles. The van der Waals surface area contributed by atoms with E-state index in [0.717, 1.165) is 0 Å². The zero-order valence-corrected chi connectivity index (χ0v) is 31.2. The second kappa shape index (κ2) is 11.1. The molecule has 0 aromatic heterocycles. The van der Waals surface area contributed by atoms with Gasteiger partial charge in [-0.1, -0.05) is 185 Å². The Morgan fingerprint density at radius 1 is 0.259 bits per heavy atom. The maximum Gasteiger partial charge on any atom is 0.0159 e. The molecule has 54 heavy (non-hydrogen) atoms. The molecule has 0 amide bonds. The molecular formula is C54H40. The number of hydrogen-bond donors (Lipinski definition) is 0. The van der Waals surface area contributed by atoms with Gasteiger partial charge < -0.3 is 0 Å². The molecule has 0 N–H and O–H groups in total. The van der Waals surface area contributed by atoms with Gasteiger partial charge in [-0.3, -0.25) is 0 Å². The van der Waals surface area contributed by atoms with Crippen LogP contribution in [-0.2, 0) is 10.8 Å². The first-order valence-corrected chi connectivity index (χ1v) is 19.3. The molecule has 0 spiro atoms. The lowest BCUT2D eigenvalue weighted by Crippen LogP contribution is -2.15. The first-order valence-electron chi connectivity index (χ1n) is 19.3. The summed E-state index contributed by atoms with van der Waals surface area (Å²) >= 11 is 0. The van der Waals surface area contributed by atoms with E-state index >= 15 is 0 Å². The van der Waals surface area contributed by atoms with Crippen molar-refractivity contribution in [1.82, 2.24) is 0 Å². The van der Waals surface area contributed by atoms with Gasteiger partial charge in [-0.25, -0.2) is 0 Å². The van der Waals surface area contributed by atoms with Crippen LogP contribution in [0.4, 0.5) is 0 Å². The summed E-state index contributed by atoms with van der Waals surface area (Å²) in [5.74, 6) is 0. The van der Waals surface area contributed by atoms with Crippen molar-refractivity contribution in [2.24, 2.45) is 0 Å². The van der Waals surface area contributed by atoms with Gasteiger partial charge in [0.15, 0.2) is 0 Å². The number of fused-ring (bicyclic) bond motifs is 10. The van der Waals surface area contributed by atoms with Crippen molar-refractivity contribution < 1.29 is 0 Å². The van der Waals surface area contributed by atoms with Gasteiger partial charge in [-0.2, -0.15) is 0 Å².